The van der Waals surface area contributed by atoms with Crippen LogP contribution in [0.25, 0.3) is 0 Å². The van der Waals surface area contributed by atoms with E-state index in [-0.39, 0.29) is 19.1 Å². The van der Waals surface area contributed by atoms with Crippen molar-refractivity contribution in [3.63, 3.8) is 0 Å². The lowest BCUT2D eigenvalue weighted by Gasteiger charge is -2.10. The Labute approximate surface area is 112 Å². The predicted octanol–water partition coefficient (Wildman–Crippen LogP) is 0.232. The number of benzene rings is 1. The Bertz CT molecular complexity index is 385. The van der Waals surface area contributed by atoms with Gasteiger partial charge in [-0.15, -0.1) is 0 Å². The molecule has 3 N–H and O–H groups in total. The fourth-order valence-electron chi connectivity index (χ4n) is 1.46. The van der Waals surface area contributed by atoms with Gasteiger partial charge in [-0.1, -0.05) is 12.1 Å². The SMILES string of the molecule is COc1ccccc1NC(=O)CNCCOCCO. The molecule has 0 heterocycles. The summed E-state index contributed by atoms with van der Waals surface area (Å²) in [6.45, 7) is 1.53. The molecule has 0 aliphatic carbocycles. The molecular weight excluding hydrogens is 248 g/mol. The van der Waals surface area contributed by atoms with Crippen molar-refractivity contribution in [2.24, 2.45) is 0 Å². The lowest BCUT2D eigenvalue weighted by atomic mass is 10.3. The molecule has 6 heteroatoms. The summed E-state index contributed by atoms with van der Waals surface area (Å²) >= 11 is 0. The normalized spacial score (nSPS) is 10.2. The first-order chi connectivity index (χ1) is 9.27. The van der Waals surface area contributed by atoms with Crippen LogP contribution >= 0.6 is 0 Å². The zero-order valence-corrected chi connectivity index (χ0v) is 11.0. The van der Waals surface area contributed by atoms with Crippen molar-refractivity contribution >= 4 is 11.6 Å². The summed E-state index contributed by atoms with van der Waals surface area (Å²) in [6, 6.07) is 7.23. The number of hydrogen-bond donors (Lipinski definition) is 3. The van der Waals surface area contributed by atoms with E-state index >= 15 is 0 Å². The molecule has 1 rings (SSSR count). The first-order valence-corrected chi connectivity index (χ1v) is 6.10. The zero-order chi connectivity index (χ0) is 13.9. The van der Waals surface area contributed by atoms with Gasteiger partial charge in [-0.3, -0.25) is 4.79 Å². The molecule has 0 aliphatic heterocycles. The molecule has 0 atom stereocenters. The summed E-state index contributed by atoms with van der Waals surface area (Å²) in [6.07, 6.45) is 0. The molecule has 0 saturated heterocycles. The van der Waals surface area contributed by atoms with Crippen molar-refractivity contribution in [3.05, 3.63) is 24.3 Å². The number of hydrogen-bond acceptors (Lipinski definition) is 5. The van der Waals surface area contributed by atoms with Crippen molar-refractivity contribution in [1.29, 1.82) is 0 Å². The van der Waals surface area contributed by atoms with Gasteiger partial charge < -0.3 is 25.2 Å². The maximum absolute atomic E-state index is 11.7. The van der Waals surface area contributed by atoms with Gasteiger partial charge in [0.1, 0.15) is 5.75 Å². The predicted molar refractivity (Wildman–Crippen MR) is 72.4 cm³/mol. The first-order valence-electron chi connectivity index (χ1n) is 6.10. The molecule has 0 saturated carbocycles. The second-order valence-corrected chi connectivity index (χ2v) is 3.76. The largest absolute Gasteiger partial charge is 0.495 e. The molecule has 0 fully saturated rings. The highest BCUT2D eigenvalue weighted by atomic mass is 16.5. The van der Waals surface area contributed by atoms with E-state index in [0.29, 0.717) is 31.2 Å². The fraction of sp³-hybridized carbons (Fsp3) is 0.462. The monoisotopic (exact) mass is 268 g/mol. The molecular formula is C13H20N2O4. The van der Waals surface area contributed by atoms with Crippen LogP contribution in [0.4, 0.5) is 5.69 Å². The highest BCUT2D eigenvalue weighted by Gasteiger charge is 2.05. The van der Waals surface area contributed by atoms with Crippen molar-refractivity contribution in [3.8, 4) is 5.75 Å². The van der Waals surface area contributed by atoms with Crippen molar-refractivity contribution in [1.82, 2.24) is 5.32 Å². The third-order valence-electron chi connectivity index (χ3n) is 2.33. The first kappa shape index (κ1) is 15.4. The molecule has 6 nitrogen and oxygen atoms in total. The minimum Gasteiger partial charge on any atom is -0.495 e. The number of methoxy groups -OCH3 is 1. The average molecular weight is 268 g/mol. The Kier molecular flexibility index (Phi) is 7.57. The topological polar surface area (TPSA) is 79.8 Å². The molecule has 0 aliphatic rings. The molecule has 1 aromatic carbocycles. The Morgan fingerprint density at radius 3 is 2.84 bits per heavy atom. The smallest absolute Gasteiger partial charge is 0.238 e. The number of ether oxygens (including phenoxy) is 2. The molecule has 106 valence electrons. The van der Waals surface area contributed by atoms with Crippen LogP contribution in [0, 0.1) is 0 Å². The van der Waals surface area contributed by atoms with E-state index in [1.54, 1.807) is 19.2 Å². The van der Waals surface area contributed by atoms with E-state index in [1.807, 2.05) is 12.1 Å². The number of para-hydroxylation sites is 2. The number of nitrogens with one attached hydrogen (secondary N) is 2. The van der Waals surface area contributed by atoms with Crippen LogP contribution in [0.3, 0.4) is 0 Å². The van der Waals surface area contributed by atoms with Crippen molar-refractivity contribution in [2.45, 2.75) is 0 Å². The number of aliphatic hydroxyl groups excluding tert-OH is 1. The Morgan fingerprint density at radius 1 is 1.32 bits per heavy atom. The fourth-order valence-corrected chi connectivity index (χ4v) is 1.46. The zero-order valence-electron chi connectivity index (χ0n) is 11.0. The molecule has 0 radical (unpaired) electrons. The van der Waals surface area contributed by atoms with Gasteiger partial charge in [-0.2, -0.15) is 0 Å². The molecule has 0 unspecified atom stereocenters. The van der Waals surface area contributed by atoms with Gasteiger partial charge >= 0.3 is 0 Å². The molecule has 19 heavy (non-hydrogen) atoms. The van der Waals surface area contributed by atoms with E-state index in [0.717, 1.165) is 0 Å². The van der Waals surface area contributed by atoms with Crippen LogP contribution in [0.1, 0.15) is 0 Å². The summed E-state index contributed by atoms with van der Waals surface area (Å²) in [7, 11) is 1.56. The van der Waals surface area contributed by atoms with Crippen LogP contribution in [0.15, 0.2) is 24.3 Å². The van der Waals surface area contributed by atoms with E-state index in [9.17, 15) is 4.79 Å². The summed E-state index contributed by atoms with van der Waals surface area (Å²) in [5.41, 5.74) is 0.647. The van der Waals surface area contributed by atoms with Gasteiger partial charge in [-0.25, -0.2) is 0 Å². The molecule has 1 amide bonds. The van der Waals surface area contributed by atoms with Gasteiger partial charge in [0.05, 0.1) is 39.2 Å². The lowest BCUT2D eigenvalue weighted by Crippen LogP contribution is -2.30. The Morgan fingerprint density at radius 2 is 2.11 bits per heavy atom. The van der Waals surface area contributed by atoms with Crippen LogP contribution in [-0.2, 0) is 9.53 Å². The number of rotatable bonds is 9. The summed E-state index contributed by atoms with van der Waals surface area (Å²) in [5, 5.41) is 14.2. The standard InChI is InChI=1S/C13H20N2O4/c1-18-12-5-3-2-4-11(12)15-13(17)10-14-6-8-19-9-7-16/h2-5,14,16H,6-10H2,1H3,(H,15,17). The number of carbonyl (C=O) groups is 1. The summed E-state index contributed by atoms with van der Waals surface area (Å²) in [4.78, 5) is 11.7. The van der Waals surface area contributed by atoms with Gasteiger partial charge in [-0.05, 0) is 12.1 Å². The maximum atomic E-state index is 11.7. The van der Waals surface area contributed by atoms with Crippen LogP contribution in [0.5, 0.6) is 5.75 Å². The second-order valence-electron chi connectivity index (χ2n) is 3.76. The molecule has 0 aromatic heterocycles. The lowest BCUT2D eigenvalue weighted by molar-refractivity contribution is -0.115. The van der Waals surface area contributed by atoms with E-state index < -0.39 is 0 Å². The van der Waals surface area contributed by atoms with Gasteiger partial charge in [0, 0.05) is 6.54 Å². The van der Waals surface area contributed by atoms with Crippen LogP contribution < -0.4 is 15.4 Å². The average Bonchev–Trinajstić information content (AvgIpc) is 2.43. The van der Waals surface area contributed by atoms with Crippen molar-refractivity contribution in [2.75, 3.05) is 45.3 Å². The highest BCUT2D eigenvalue weighted by molar-refractivity contribution is 5.93. The quantitative estimate of drug-likeness (QED) is 0.559. The number of anilines is 1. The van der Waals surface area contributed by atoms with E-state index in [1.165, 1.54) is 0 Å². The van der Waals surface area contributed by atoms with Crippen molar-refractivity contribution < 1.29 is 19.4 Å². The van der Waals surface area contributed by atoms with E-state index in [2.05, 4.69) is 10.6 Å². The van der Waals surface area contributed by atoms with Gasteiger partial charge in [0.15, 0.2) is 0 Å². The summed E-state index contributed by atoms with van der Waals surface area (Å²) in [5.74, 6) is 0.480. The third kappa shape index (κ3) is 6.19. The van der Waals surface area contributed by atoms with Crippen LogP contribution in [0.2, 0.25) is 0 Å². The van der Waals surface area contributed by atoms with Gasteiger partial charge in [0.2, 0.25) is 5.91 Å². The minimum absolute atomic E-state index is 0.00822. The number of amides is 1. The Balaban J connectivity index is 2.23. The molecule has 0 bridgehead atoms. The number of carbonyl (C=O) groups excluding carboxylic acids is 1. The molecule has 1 aromatic rings. The highest BCUT2D eigenvalue weighted by Crippen LogP contribution is 2.22. The second kappa shape index (κ2) is 9.32. The third-order valence-corrected chi connectivity index (χ3v) is 2.33. The maximum Gasteiger partial charge on any atom is 0.238 e. The van der Waals surface area contributed by atoms with E-state index in [4.69, 9.17) is 14.6 Å². The van der Waals surface area contributed by atoms with Gasteiger partial charge in [0.25, 0.3) is 0 Å². The Hall–Kier alpha value is -1.63. The van der Waals surface area contributed by atoms with Crippen LogP contribution in [-0.4, -0.2) is 51.0 Å². The molecule has 0 spiro atoms. The summed E-state index contributed by atoms with van der Waals surface area (Å²) < 4.78 is 10.2. The number of aliphatic hydroxyl groups is 1. The minimum atomic E-state index is -0.147.